The van der Waals surface area contributed by atoms with Crippen molar-refractivity contribution in [3.05, 3.63) is 0 Å². The zero-order valence-electron chi connectivity index (χ0n) is 3.97. The van der Waals surface area contributed by atoms with Crippen LogP contribution in [0.2, 0.25) is 0 Å². The van der Waals surface area contributed by atoms with E-state index in [2.05, 4.69) is 17.9 Å². The van der Waals surface area contributed by atoms with Crippen LogP contribution in [0.1, 0.15) is 0 Å². The fraction of sp³-hybridized carbons (Fsp3) is 0. The van der Waals surface area contributed by atoms with E-state index in [1.54, 1.807) is 44.4 Å². The first-order chi connectivity index (χ1) is 4.41. The van der Waals surface area contributed by atoms with Gasteiger partial charge in [0.15, 0.2) is 0 Å². The molecule has 9 heteroatoms. The van der Waals surface area contributed by atoms with Crippen LogP contribution < -0.4 is 0 Å². The van der Waals surface area contributed by atoms with Crippen LogP contribution in [-0.4, -0.2) is 6.72 Å². The molecule has 52 valence electrons. The maximum atomic E-state index is 4.64. The first-order valence-electron chi connectivity index (χ1n) is 1.46. The Balaban J connectivity index is 5.19. The molecule has 0 saturated carbocycles. The topological polar surface area (TPSA) is 0 Å². The van der Waals surface area contributed by atoms with Gasteiger partial charge in [-0.25, -0.2) is 0 Å². The van der Waals surface area contributed by atoms with E-state index in [1.807, 2.05) is 0 Å². The summed E-state index contributed by atoms with van der Waals surface area (Å²) in [6, 6.07) is 0. The van der Waals surface area contributed by atoms with Crippen LogP contribution in [0.3, 0.4) is 0 Å². The minimum absolute atomic E-state index is 1.36. The summed E-state index contributed by atoms with van der Waals surface area (Å²) in [6.45, 7) is 3.61. The molecule has 0 aromatic rings. The predicted molar refractivity (Wildman–Crippen MR) is 66.1 cm³/mol. The number of hydrogen-bond donors (Lipinski definition) is 0. The summed E-state index contributed by atoms with van der Waals surface area (Å²) in [4.78, 5) is 0. The van der Waals surface area contributed by atoms with Gasteiger partial charge < -0.3 is 0 Å². The first-order valence-corrected chi connectivity index (χ1v) is 11.4. The predicted octanol–water partition coefficient (Wildman–Crippen LogP) is -0.668. The monoisotopic (exact) mass is 268 g/mol. The first kappa shape index (κ1) is 10.8. The Labute approximate surface area is 79.8 Å². The molecular weight excluding hydrogens is 267 g/mol. The van der Waals surface area contributed by atoms with Crippen molar-refractivity contribution in [3.8, 4) is 0 Å². The molecule has 0 rings (SSSR count). The van der Waals surface area contributed by atoms with Gasteiger partial charge in [-0.2, -0.15) is 0 Å². The van der Waals surface area contributed by atoms with Gasteiger partial charge in [0.1, 0.15) is 0 Å². The average Bonchev–Trinajstić information content (AvgIpc) is 1.89. The van der Waals surface area contributed by atoms with E-state index in [1.165, 1.54) is 18.6 Å². The Bertz CT molecular complexity index is 289. The van der Waals surface area contributed by atoms with Gasteiger partial charge in [0.25, 0.3) is 0 Å². The van der Waals surface area contributed by atoms with Gasteiger partial charge in [-0.3, -0.25) is 0 Å². The second-order valence-corrected chi connectivity index (χ2v) is 12.1. The van der Waals surface area contributed by atoms with Crippen LogP contribution >= 0.6 is 0 Å². The van der Waals surface area contributed by atoms with Crippen LogP contribution in [0.5, 0.6) is 0 Å². The molecule has 0 heterocycles. The molecule has 0 nitrogen and oxygen atoms in total. The molecule has 0 aliphatic carbocycles. The van der Waals surface area contributed by atoms with Crippen LogP contribution in [0, 0.1) is 0 Å². The Morgan fingerprint density at radius 1 is 0.889 bits per heavy atom. The van der Waals surface area contributed by atoms with E-state index in [4.69, 9.17) is 0 Å². The van der Waals surface area contributed by atoms with Gasteiger partial charge in [-0.05, 0) is 0 Å². The minimum atomic E-state index is 1.36. The zero-order valence-corrected chi connectivity index (χ0v) is 10.5. The van der Waals surface area contributed by atoms with E-state index < -0.39 is 0 Å². The SMILES string of the molecule is B=S=S=S=S=S=S=S=S. The Morgan fingerprint density at radius 2 is 1.44 bits per heavy atom. The molecule has 0 aromatic carbocycles. The Hall–Kier alpha value is 1.82. The van der Waals surface area contributed by atoms with Crippen molar-refractivity contribution in [3.63, 3.8) is 0 Å². The van der Waals surface area contributed by atoms with Gasteiger partial charge in [-0.1, -0.05) is 0 Å². The van der Waals surface area contributed by atoms with Crippen molar-refractivity contribution >= 4 is 80.9 Å². The van der Waals surface area contributed by atoms with Crippen LogP contribution in [0.25, 0.3) is 0 Å². The molecule has 0 radical (unpaired) electrons. The standard InChI is InChI=1S/BHS8/c1-3-5-7-9-8-6-4-2/h1H. The second-order valence-electron chi connectivity index (χ2n) is 0.526. The molecule has 0 bridgehead atoms. The molecule has 0 spiro atoms. The summed E-state index contributed by atoms with van der Waals surface area (Å²) in [5, 5.41) is 0. The average molecular weight is 268 g/mol. The van der Waals surface area contributed by atoms with Crippen molar-refractivity contribution in [2.24, 2.45) is 0 Å². The molecule has 0 unspecified atom stereocenters. The molecule has 0 aliphatic rings. The van der Waals surface area contributed by atoms with Gasteiger partial charge in [-0.15, -0.1) is 0 Å². The van der Waals surface area contributed by atoms with Crippen molar-refractivity contribution in [1.29, 1.82) is 0 Å². The Kier molecular flexibility index (Phi) is 11.8. The normalized spacial score (nSPS) is 6.56. The molecule has 0 fully saturated rings. The Morgan fingerprint density at radius 3 is 2.00 bits per heavy atom. The molecule has 0 aromatic heterocycles. The summed E-state index contributed by atoms with van der Waals surface area (Å²) in [6.07, 6.45) is 0. The summed E-state index contributed by atoms with van der Waals surface area (Å²) in [5.41, 5.74) is 0. The van der Waals surface area contributed by atoms with Crippen LogP contribution in [0.4, 0.5) is 0 Å². The van der Waals surface area contributed by atoms with Crippen LogP contribution in [-0.2, 0) is 74.2 Å². The molecule has 0 aliphatic heterocycles. The van der Waals surface area contributed by atoms with E-state index in [0.29, 0.717) is 0 Å². The van der Waals surface area contributed by atoms with E-state index >= 15 is 0 Å². The third-order valence-corrected chi connectivity index (χ3v) is 12.5. The van der Waals surface area contributed by atoms with E-state index in [-0.39, 0.29) is 0 Å². The number of rotatable bonds is 0. The van der Waals surface area contributed by atoms with Gasteiger partial charge >= 0.3 is 80.9 Å². The molecule has 9 heavy (non-hydrogen) atoms. The molecule has 0 saturated heterocycles. The van der Waals surface area contributed by atoms with Gasteiger partial charge in [0, 0.05) is 0 Å². The van der Waals surface area contributed by atoms with Crippen molar-refractivity contribution in [1.82, 2.24) is 0 Å². The fourth-order valence-electron chi connectivity index (χ4n) is 0.0650. The van der Waals surface area contributed by atoms with E-state index in [9.17, 15) is 0 Å². The second kappa shape index (κ2) is 9.82. The van der Waals surface area contributed by atoms with Crippen LogP contribution in [0.15, 0.2) is 0 Å². The molecule has 0 atom stereocenters. The third kappa shape index (κ3) is 9.82. The fourth-order valence-corrected chi connectivity index (χ4v) is 12.6. The van der Waals surface area contributed by atoms with Crippen molar-refractivity contribution in [2.45, 2.75) is 0 Å². The summed E-state index contributed by atoms with van der Waals surface area (Å²) >= 11 is 4.64. The summed E-state index contributed by atoms with van der Waals surface area (Å²) < 4.78 is 0. The van der Waals surface area contributed by atoms with Gasteiger partial charge in [0.2, 0.25) is 0 Å². The zero-order chi connectivity index (χ0) is 6.95. The third-order valence-electron chi connectivity index (χ3n) is 0.187. The van der Waals surface area contributed by atoms with Crippen molar-refractivity contribution < 1.29 is 0 Å². The number of hydrogen-bond acceptors (Lipinski definition) is 1. The summed E-state index contributed by atoms with van der Waals surface area (Å²) in [5.74, 6) is 0. The molecule has 0 amide bonds. The summed E-state index contributed by atoms with van der Waals surface area (Å²) in [7, 11) is 11.3. The van der Waals surface area contributed by atoms with Gasteiger partial charge in [0.05, 0.1) is 0 Å². The maximum absolute atomic E-state index is 4.64. The molecule has 0 N–H and O–H groups in total. The quantitative estimate of drug-likeness (QED) is 0.525. The molecular formula is HBS8. The van der Waals surface area contributed by atoms with Crippen molar-refractivity contribution in [2.75, 3.05) is 0 Å². The van der Waals surface area contributed by atoms with E-state index in [0.717, 1.165) is 0 Å².